The summed E-state index contributed by atoms with van der Waals surface area (Å²) in [5.41, 5.74) is 0.423. The number of aromatic amines is 1. The number of aromatic nitrogens is 1. The SMILES string of the molecule is CCC[C@H](NC(=O)[C@H](Cc1ccc(CS(=O)(=O)O)cc1)NC(=O)c1c[nH]c2ccccc12)C(=O)N1CCC[C@@]1(C)C(=O)N[C@@H](Cc1csc2ccccc12)C(=O)N[C@@H](CCCC(=O)O)C(=O)NC(C)(C)C. The molecule has 6 rings (SSSR count). The Hall–Kier alpha value is -6.64. The lowest BCUT2D eigenvalue weighted by Crippen LogP contribution is -2.63. The third kappa shape index (κ3) is 14.3. The van der Waals surface area contributed by atoms with Gasteiger partial charge in [0.05, 0.1) is 5.56 Å². The molecular weight excluding hydrogens is 951 g/mol. The lowest BCUT2D eigenvalue weighted by molar-refractivity contribution is -0.147. The van der Waals surface area contributed by atoms with Gasteiger partial charge in [0.1, 0.15) is 35.5 Å². The Labute approximate surface area is 416 Å². The molecule has 18 nitrogen and oxygen atoms in total. The third-order valence-electron chi connectivity index (χ3n) is 12.5. The Kier molecular flexibility index (Phi) is 17.4. The second-order valence-electron chi connectivity index (χ2n) is 19.3. The molecule has 5 aromatic rings. The second kappa shape index (κ2) is 23.1. The molecule has 0 saturated carbocycles. The van der Waals surface area contributed by atoms with Crippen LogP contribution in [-0.2, 0) is 57.5 Å². The summed E-state index contributed by atoms with van der Waals surface area (Å²) in [7, 11) is -4.31. The lowest BCUT2D eigenvalue weighted by atomic mass is 9.94. The van der Waals surface area contributed by atoms with Crippen LogP contribution in [0.1, 0.15) is 107 Å². The van der Waals surface area contributed by atoms with E-state index in [2.05, 4.69) is 31.6 Å². The summed E-state index contributed by atoms with van der Waals surface area (Å²) in [6.45, 7) is 8.93. The Bertz CT molecular complexity index is 2870. The van der Waals surface area contributed by atoms with Gasteiger partial charge in [-0.25, -0.2) is 0 Å². The van der Waals surface area contributed by atoms with Crippen LogP contribution >= 0.6 is 11.3 Å². The van der Waals surface area contributed by atoms with Crippen LogP contribution in [0.15, 0.2) is 84.4 Å². The number of carbonyl (C=O) groups is 7. The van der Waals surface area contributed by atoms with E-state index >= 15 is 0 Å². The predicted molar refractivity (Wildman–Crippen MR) is 270 cm³/mol. The van der Waals surface area contributed by atoms with Crippen molar-refractivity contribution in [2.75, 3.05) is 6.54 Å². The summed E-state index contributed by atoms with van der Waals surface area (Å²) in [4.78, 5) is 102. The minimum Gasteiger partial charge on any atom is -0.481 e. The van der Waals surface area contributed by atoms with Crippen LogP contribution in [0, 0.1) is 0 Å². The van der Waals surface area contributed by atoms with Gasteiger partial charge in [-0.2, -0.15) is 8.42 Å². The summed E-state index contributed by atoms with van der Waals surface area (Å²) in [6.07, 6.45) is 2.63. The highest BCUT2D eigenvalue weighted by Crippen LogP contribution is 2.32. The van der Waals surface area contributed by atoms with Crippen molar-refractivity contribution in [3.8, 4) is 0 Å². The van der Waals surface area contributed by atoms with E-state index in [1.54, 1.807) is 58.0 Å². The van der Waals surface area contributed by atoms with Crippen LogP contribution in [0.5, 0.6) is 0 Å². The zero-order valence-electron chi connectivity index (χ0n) is 40.5. The fourth-order valence-electron chi connectivity index (χ4n) is 8.87. The number of aliphatic carboxylic acids is 1. The maximum absolute atomic E-state index is 14.8. The number of carboxylic acid groups (broad SMARTS) is 1. The molecule has 1 aliphatic rings. The zero-order valence-corrected chi connectivity index (χ0v) is 42.1. The van der Waals surface area contributed by atoms with E-state index < -0.39 is 92.5 Å². The van der Waals surface area contributed by atoms with E-state index in [1.807, 2.05) is 42.6 Å². The average Bonchev–Trinajstić information content (AvgIpc) is 4.04. The van der Waals surface area contributed by atoms with Crippen molar-refractivity contribution in [2.24, 2.45) is 0 Å². The molecule has 3 heterocycles. The summed E-state index contributed by atoms with van der Waals surface area (Å²) in [6, 6.07) is 16.1. The van der Waals surface area contributed by atoms with Crippen LogP contribution < -0.4 is 26.6 Å². The Morgan fingerprint density at radius 2 is 1.42 bits per heavy atom. The number of carbonyl (C=O) groups excluding carboxylic acids is 6. The summed E-state index contributed by atoms with van der Waals surface area (Å²) in [5, 5.41) is 27.0. The minimum atomic E-state index is -4.31. The number of rotatable bonds is 22. The van der Waals surface area contributed by atoms with Crippen molar-refractivity contribution >= 4 is 83.9 Å². The van der Waals surface area contributed by atoms with E-state index in [9.17, 15) is 51.6 Å². The maximum Gasteiger partial charge on any atom is 0.303 e. The van der Waals surface area contributed by atoms with Gasteiger partial charge in [-0.05, 0) is 99.4 Å². The highest BCUT2D eigenvalue weighted by atomic mass is 32.2. The van der Waals surface area contributed by atoms with Gasteiger partial charge in [0, 0.05) is 53.1 Å². The fraction of sp³-hybridized carbons (Fsp3) is 0.431. The molecule has 0 radical (unpaired) electrons. The molecule has 0 aliphatic carbocycles. The van der Waals surface area contributed by atoms with Gasteiger partial charge in [0.25, 0.3) is 16.0 Å². The number of likely N-dealkylation sites (tertiary alicyclic amines) is 1. The highest BCUT2D eigenvalue weighted by Gasteiger charge is 2.48. The molecule has 8 N–H and O–H groups in total. The molecule has 1 saturated heterocycles. The number of hydrogen-bond donors (Lipinski definition) is 8. The zero-order chi connectivity index (χ0) is 51.7. The topological polar surface area (TPSA) is 273 Å². The summed E-state index contributed by atoms with van der Waals surface area (Å²) >= 11 is 1.47. The van der Waals surface area contributed by atoms with Crippen LogP contribution in [-0.4, -0.2) is 111 Å². The standard InChI is InChI=1S/C51H63N7O11S2/c1-6-13-39(54-45(62)40(26-31-20-22-32(23-21-31)30-71(67,68)69)55-44(61)36-28-52-37-16-9-7-15-35(36)37)48(65)58-25-12-24-51(58,5)49(66)56-41(27-33-29-70-42-18-10-8-14-34(33)42)46(63)53-38(17-11-19-43(59)60)47(64)57-50(2,3)4/h7-10,14-16,18,20-23,28-29,38-41,52H,6,11-13,17,19,24-27,30H2,1-5H3,(H,53,63)(H,54,62)(H,55,61)(H,56,66)(H,57,64)(H,59,60)(H,67,68,69)/t38-,39-,40-,41-,51-/m0/s1. The first-order chi connectivity index (χ1) is 33.5. The maximum atomic E-state index is 14.8. The highest BCUT2D eigenvalue weighted by molar-refractivity contribution is 7.85. The molecule has 0 unspecified atom stereocenters. The van der Waals surface area contributed by atoms with Gasteiger partial charge in [0.2, 0.25) is 29.5 Å². The number of thiophene rings is 1. The molecule has 2 aromatic heterocycles. The van der Waals surface area contributed by atoms with Gasteiger partial charge >= 0.3 is 5.97 Å². The van der Waals surface area contributed by atoms with E-state index in [4.69, 9.17) is 0 Å². The van der Waals surface area contributed by atoms with Crippen molar-refractivity contribution in [1.29, 1.82) is 0 Å². The first-order valence-electron chi connectivity index (χ1n) is 23.7. The monoisotopic (exact) mass is 1010 g/mol. The third-order valence-corrected chi connectivity index (χ3v) is 14.2. The second-order valence-corrected chi connectivity index (χ2v) is 21.7. The molecule has 380 valence electrons. The van der Waals surface area contributed by atoms with Crippen LogP contribution in [0.3, 0.4) is 0 Å². The number of benzene rings is 3. The molecule has 6 amide bonds. The van der Waals surface area contributed by atoms with Crippen molar-refractivity contribution in [3.05, 3.63) is 107 Å². The number of para-hydroxylation sites is 1. The number of carboxylic acids is 1. The number of nitrogens with one attached hydrogen (secondary N) is 6. The average molecular weight is 1010 g/mol. The minimum absolute atomic E-state index is 0.0173. The number of amides is 6. The van der Waals surface area contributed by atoms with Gasteiger partial charge < -0.3 is 41.6 Å². The van der Waals surface area contributed by atoms with E-state index in [0.29, 0.717) is 34.9 Å². The number of fused-ring (bicyclic) bond motifs is 2. The van der Waals surface area contributed by atoms with Crippen molar-refractivity contribution in [1.82, 2.24) is 36.5 Å². The first kappa shape index (κ1) is 53.7. The molecule has 0 bridgehead atoms. The Balaban J connectivity index is 1.25. The largest absolute Gasteiger partial charge is 0.481 e. The van der Waals surface area contributed by atoms with Gasteiger partial charge in [0.15, 0.2) is 0 Å². The molecule has 5 atom stereocenters. The van der Waals surface area contributed by atoms with Crippen molar-refractivity contribution in [3.63, 3.8) is 0 Å². The number of hydrogen-bond acceptors (Lipinski definition) is 10. The summed E-state index contributed by atoms with van der Waals surface area (Å²) < 4.78 is 33.4. The molecule has 1 fully saturated rings. The van der Waals surface area contributed by atoms with Gasteiger partial charge in [-0.3, -0.25) is 38.1 Å². The van der Waals surface area contributed by atoms with E-state index in [-0.39, 0.29) is 57.1 Å². The van der Waals surface area contributed by atoms with Crippen LogP contribution in [0.2, 0.25) is 0 Å². The predicted octanol–water partition coefficient (Wildman–Crippen LogP) is 5.16. The smallest absolute Gasteiger partial charge is 0.303 e. The van der Waals surface area contributed by atoms with Crippen LogP contribution in [0.4, 0.5) is 0 Å². The number of nitrogens with zero attached hydrogens (tertiary/aromatic N) is 1. The molecule has 1 aliphatic heterocycles. The van der Waals surface area contributed by atoms with Crippen molar-refractivity contribution in [2.45, 2.75) is 133 Å². The molecule has 3 aromatic carbocycles. The van der Waals surface area contributed by atoms with Crippen molar-refractivity contribution < 1.29 is 51.6 Å². The van der Waals surface area contributed by atoms with Gasteiger partial charge in [-0.1, -0.05) is 74.0 Å². The molecule has 71 heavy (non-hydrogen) atoms. The lowest BCUT2D eigenvalue weighted by Gasteiger charge is -2.37. The quantitative estimate of drug-likeness (QED) is 0.0420. The number of H-pyrrole nitrogens is 1. The first-order valence-corrected chi connectivity index (χ1v) is 26.2. The normalized spacial score (nSPS) is 16.7. The Morgan fingerprint density at radius 1 is 0.789 bits per heavy atom. The van der Waals surface area contributed by atoms with E-state index in [0.717, 1.165) is 15.6 Å². The Morgan fingerprint density at radius 3 is 2.08 bits per heavy atom. The van der Waals surface area contributed by atoms with Gasteiger partial charge in [-0.15, -0.1) is 11.3 Å². The fourth-order valence-corrected chi connectivity index (χ4v) is 10.5. The van der Waals surface area contributed by atoms with E-state index in [1.165, 1.54) is 34.6 Å². The molecule has 0 spiro atoms. The summed E-state index contributed by atoms with van der Waals surface area (Å²) in [5.74, 6) is -5.30. The molecule has 20 heteroatoms. The molecular formula is C51H63N7O11S2. The van der Waals surface area contributed by atoms with Crippen LogP contribution in [0.25, 0.3) is 21.0 Å².